The number of likely N-dealkylation sites (N-methyl/N-ethyl adjacent to an activating group) is 1. The normalized spacial score (nSPS) is 14.0. The van der Waals surface area contributed by atoms with Gasteiger partial charge in [0.1, 0.15) is 19.3 Å². The van der Waals surface area contributed by atoms with Crippen molar-refractivity contribution in [3.05, 3.63) is 97.2 Å². The van der Waals surface area contributed by atoms with Crippen molar-refractivity contribution in [1.82, 2.24) is 5.32 Å². The number of rotatable bonds is 67. The number of unbranched alkanes of at least 4 members (excludes halogenated alkanes) is 37. The number of esters is 1. The van der Waals surface area contributed by atoms with Crippen LogP contribution >= 0.6 is 7.82 Å². The number of nitrogens with zero attached hydrogens (tertiary/aromatic N) is 1. The highest BCUT2D eigenvalue weighted by molar-refractivity contribution is 7.47. The molecule has 0 aliphatic rings. The molecular weight excluding hydrogens is 1110 g/mol. The van der Waals surface area contributed by atoms with Gasteiger partial charge < -0.3 is 19.4 Å². The lowest BCUT2D eigenvalue weighted by molar-refractivity contribution is -0.870. The van der Waals surface area contributed by atoms with Crippen molar-refractivity contribution in [2.45, 2.75) is 348 Å². The standard InChI is InChI=1S/C78H141N2O7P/c1-7-10-13-16-19-22-25-28-30-32-34-36-38-40-42-44-46-48-50-52-55-58-61-64-67-70-77(81)79-75(74-86-88(83,84)85-73-72-80(4,5)6)76(69-66-63-60-57-54-27-24-21-18-15-12-9-3)87-78(82)71-68-65-62-59-56-53-51-49-47-45-43-41-39-37-35-33-31-29-26-23-20-17-14-11-8-2/h10,13,19-20,22-23,28-31,34,36,40,42,66,69,75-76H,7-9,11-12,14-18,21,24-27,32-33,35,37-39,41,43-65,67-68,70-74H2,1-6H3,(H-,79,81,83,84)/p+1/b13-10-,22-19-,23-20-,30-28-,31-29-,36-34-,42-40-,69-66+. The first-order valence-corrected chi connectivity index (χ1v) is 38.6. The van der Waals surface area contributed by atoms with Gasteiger partial charge in [0.25, 0.3) is 0 Å². The molecule has 9 nitrogen and oxygen atoms in total. The van der Waals surface area contributed by atoms with Gasteiger partial charge in [-0.1, -0.05) is 311 Å². The molecule has 0 fully saturated rings. The highest BCUT2D eigenvalue weighted by atomic mass is 31.2. The summed E-state index contributed by atoms with van der Waals surface area (Å²) in [5, 5.41) is 3.07. The average molecular weight is 1250 g/mol. The minimum atomic E-state index is -4.46. The molecule has 510 valence electrons. The summed E-state index contributed by atoms with van der Waals surface area (Å²) in [6.45, 7) is 6.90. The first-order chi connectivity index (χ1) is 42.9. The van der Waals surface area contributed by atoms with Crippen molar-refractivity contribution in [3.63, 3.8) is 0 Å². The van der Waals surface area contributed by atoms with E-state index in [2.05, 4.69) is 111 Å². The second-order valence-corrected chi connectivity index (χ2v) is 27.5. The molecule has 0 heterocycles. The van der Waals surface area contributed by atoms with Crippen molar-refractivity contribution < 1.29 is 37.3 Å². The van der Waals surface area contributed by atoms with Gasteiger partial charge in [0.15, 0.2) is 0 Å². The van der Waals surface area contributed by atoms with Gasteiger partial charge in [-0.3, -0.25) is 18.6 Å². The highest BCUT2D eigenvalue weighted by Crippen LogP contribution is 2.43. The van der Waals surface area contributed by atoms with Crippen LogP contribution in [0.5, 0.6) is 0 Å². The third kappa shape index (κ3) is 67.3. The van der Waals surface area contributed by atoms with Crippen molar-refractivity contribution in [2.75, 3.05) is 40.9 Å². The van der Waals surface area contributed by atoms with Gasteiger partial charge in [-0.25, -0.2) is 4.57 Å². The molecule has 0 aliphatic heterocycles. The van der Waals surface area contributed by atoms with Crippen LogP contribution in [0, 0.1) is 0 Å². The van der Waals surface area contributed by atoms with Crippen LogP contribution in [0.25, 0.3) is 0 Å². The number of ether oxygens (including phenoxy) is 1. The first-order valence-electron chi connectivity index (χ1n) is 37.1. The summed E-state index contributed by atoms with van der Waals surface area (Å²) in [6.07, 6.45) is 91.4. The molecule has 3 unspecified atom stereocenters. The number of hydrogen-bond acceptors (Lipinski definition) is 6. The van der Waals surface area contributed by atoms with Crippen molar-refractivity contribution >= 4 is 19.7 Å². The molecule has 0 aromatic rings. The van der Waals surface area contributed by atoms with Crippen LogP contribution in [0.15, 0.2) is 97.2 Å². The molecule has 88 heavy (non-hydrogen) atoms. The Labute approximate surface area is 545 Å². The number of hydrogen-bond donors (Lipinski definition) is 2. The van der Waals surface area contributed by atoms with E-state index in [0.29, 0.717) is 17.4 Å². The van der Waals surface area contributed by atoms with Crippen LogP contribution in [0.2, 0.25) is 0 Å². The molecule has 0 bridgehead atoms. The van der Waals surface area contributed by atoms with Gasteiger partial charge in [-0.2, -0.15) is 0 Å². The van der Waals surface area contributed by atoms with Crippen LogP contribution in [0.4, 0.5) is 0 Å². The second kappa shape index (κ2) is 66.8. The van der Waals surface area contributed by atoms with Gasteiger partial charge in [0, 0.05) is 12.8 Å². The summed E-state index contributed by atoms with van der Waals surface area (Å²) >= 11 is 0. The van der Waals surface area contributed by atoms with Gasteiger partial charge in [0.2, 0.25) is 5.91 Å². The number of quaternary nitrogens is 1. The SMILES string of the molecule is CC/C=C\C/C=C\C/C=C\C/C=C\C/C=C\CCCCCCCCCCCC(=O)NC(COP(=O)(O)OCC[N+](C)(C)C)C(/C=C/CCCCCCCCCCCC)OC(=O)CCCCCCCCCCCCCCCCC/C=C\C/C=C\CCCCC. The maximum atomic E-state index is 13.6. The topological polar surface area (TPSA) is 111 Å². The smallest absolute Gasteiger partial charge is 0.456 e. The van der Waals surface area contributed by atoms with Gasteiger partial charge in [-0.15, -0.1) is 0 Å². The fourth-order valence-corrected chi connectivity index (χ4v) is 11.3. The van der Waals surface area contributed by atoms with E-state index >= 15 is 0 Å². The lowest BCUT2D eigenvalue weighted by Gasteiger charge is -2.27. The molecule has 0 saturated heterocycles. The monoisotopic (exact) mass is 1250 g/mol. The number of nitrogens with one attached hydrogen (secondary N) is 1. The Morgan fingerprint density at radius 2 is 0.727 bits per heavy atom. The number of allylic oxidation sites excluding steroid dienone is 15. The molecule has 1 amide bonds. The zero-order valence-corrected chi connectivity index (χ0v) is 59.3. The molecule has 0 radical (unpaired) electrons. The predicted molar refractivity (Wildman–Crippen MR) is 383 cm³/mol. The number of carbonyl (C=O) groups is 2. The maximum Gasteiger partial charge on any atom is 0.472 e. The van der Waals surface area contributed by atoms with E-state index in [1.807, 2.05) is 33.3 Å². The third-order valence-electron chi connectivity index (χ3n) is 16.3. The Balaban J connectivity index is 5.03. The molecule has 0 aromatic carbocycles. The predicted octanol–water partition coefficient (Wildman–Crippen LogP) is 23.8. The van der Waals surface area contributed by atoms with Crippen molar-refractivity contribution in [2.24, 2.45) is 0 Å². The minimum absolute atomic E-state index is 0.0362. The summed E-state index contributed by atoms with van der Waals surface area (Å²) < 4.78 is 30.9. The third-order valence-corrected chi connectivity index (χ3v) is 17.2. The Bertz CT molecular complexity index is 1830. The molecule has 2 N–H and O–H groups in total. The molecule has 0 spiro atoms. The quantitative estimate of drug-likeness (QED) is 0.0205. The molecule has 0 saturated carbocycles. The largest absolute Gasteiger partial charge is 0.472 e. The van der Waals surface area contributed by atoms with E-state index in [-0.39, 0.29) is 31.5 Å². The molecular formula is C78H142N2O7P+. The first kappa shape index (κ1) is 84.9. The summed E-state index contributed by atoms with van der Waals surface area (Å²) in [5.74, 6) is -0.505. The van der Waals surface area contributed by atoms with Gasteiger partial charge in [0.05, 0.1) is 33.8 Å². The fraction of sp³-hybridized carbons (Fsp3) is 0.769. The number of carbonyl (C=O) groups excluding carboxylic acids is 2. The summed E-state index contributed by atoms with van der Waals surface area (Å²) in [6, 6.07) is -0.857. The fourth-order valence-electron chi connectivity index (χ4n) is 10.6. The summed E-state index contributed by atoms with van der Waals surface area (Å²) in [7, 11) is 1.49. The zero-order valence-electron chi connectivity index (χ0n) is 58.5. The van der Waals surface area contributed by atoms with Gasteiger partial charge >= 0.3 is 13.8 Å². The van der Waals surface area contributed by atoms with E-state index in [4.69, 9.17) is 13.8 Å². The van der Waals surface area contributed by atoms with Crippen LogP contribution in [0.1, 0.15) is 335 Å². The zero-order chi connectivity index (χ0) is 64.2. The molecule has 10 heteroatoms. The average Bonchev–Trinajstić information content (AvgIpc) is 3.71. The van der Waals surface area contributed by atoms with Crippen LogP contribution in [-0.4, -0.2) is 74.3 Å². The van der Waals surface area contributed by atoms with Crippen molar-refractivity contribution in [1.29, 1.82) is 0 Å². The number of phosphoric ester groups is 1. The van der Waals surface area contributed by atoms with Crippen LogP contribution < -0.4 is 5.32 Å². The van der Waals surface area contributed by atoms with Crippen LogP contribution in [0.3, 0.4) is 0 Å². The van der Waals surface area contributed by atoms with E-state index < -0.39 is 20.0 Å². The maximum absolute atomic E-state index is 13.6. The van der Waals surface area contributed by atoms with E-state index in [0.717, 1.165) is 109 Å². The molecule has 0 aliphatic carbocycles. The Hall–Kier alpha value is -3.07. The highest BCUT2D eigenvalue weighted by Gasteiger charge is 2.30. The van der Waals surface area contributed by atoms with Crippen LogP contribution in [-0.2, 0) is 27.9 Å². The lowest BCUT2D eigenvalue weighted by Crippen LogP contribution is -2.47. The molecule has 0 rings (SSSR count). The Morgan fingerprint density at radius 1 is 0.409 bits per heavy atom. The van der Waals surface area contributed by atoms with Crippen molar-refractivity contribution in [3.8, 4) is 0 Å². The second-order valence-electron chi connectivity index (χ2n) is 26.1. The summed E-state index contributed by atoms with van der Waals surface area (Å²) in [5.41, 5.74) is 0. The Kier molecular flexibility index (Phi) is 64.5. The lowest BCUT2D eigenvalue weighted by atomic mass is 10.0. The van der Waals surface area contributed by atoms with Gasteiger partial charge in [-0.05, 0) is 109 Å². The number of amides is 1. The molecule has 0 aromatic heterocycles. The Morgan fingerprint density at radius 3 is 1.11 bits per heavy atom. The van der Waals surface area contributed by atoms with E-state index in [9.17, 15) is 19.0 Å². The number of phosphoric acid groups is 1. The summed E-state index contributed by atoms with van der Waals surface area (Å²) in [4.78, 5) is 38.0. The van der Waals surface area contributed by atoms with E-state index in [1.54, 1.807) is 0 Å². The van der Waals surface area contributed by atoms with E-state index in [1.165, 1.54) is 193 Å². The molecule has 3 atom stereocenters. The minimum Gasteiger partial charge on any atom is -0.456 e.